The largest absolute Gasteiger partial charge is 0.295 e. The highest BCUT2D eigenvalue weighted by Gasteiger charge is 2.05. The Morgan fingerprint density at radius 3 is 2.93 bits per heavy atom. The molecule has 1 aromatic heterocycles. The normalized spacial score (nSPS) is 10.7. The van der Waals surface area contributed by atoms with Crippen LogP contribution in [0.15, 0.2) is 18.2 Å². The van der Waals surface area contributed by atoms with Gasteiger partial charge >= 0.3 is 0 Å². The molecule has 0 aliphatic heterocycles. The number of fused-ring (bicyclic) bond motifs is 1. The van der Waals surface area contributed by atoms with Crippen LogP contribution in [0.3, 0.4) is 0 Å². The van der Waals surface area contributed by atoms with E-state index in [0.29, 0.717) is 0 Å². The number of carbonyl (C=O) groups is 1. The minimum atomic E-state index is 0.0953. The monoisotopic (exact) mass is 205 g/mol. The van der Waals surface area contributed by atoms with Gasteiger partial charge < -0.3 is 0 Å². The number of aromatic nitrogens is 1. The number of aryl methyl sites for hydroxylation is 1. The van der Waals surface area contributed by atoms with Crippen LogP contribution in [-0.2, 0) is 6.42 Å². The van der Waals surface area contributed by atoms with Gasteiger partial charge in [-0.05, 0) is 31.5 Å². The van der Waals surface area contributed by atoms with Gasteiger partial charge in [-0.1, -0.05) is 6.92 Å². The van der Waals surface area contributed by atoms with E-state index < -0.39 is 0 Å². The summed E-state index contributed by atoms with van der Waals surface area (Å²) >= 11 is 1.70. The molecule has 1 aromatic carbocycles. The maximum Gasteiger partial charge on any atom is 0.159 e. The first kappa shape index (κ1) is 9.34. The Balaban J connectivity index is 2.59. The number of hydrogen-bond acceptors (Lipinski definition) is 3. The Morgan fingerprint density at radius 1 is 1.50 bits per heavy atom. The Hall–Kier alpha value is -1.22. The van der Waals surface area contributed by atoms with Gasteiger partial charge in [-0.15, -0.1) is 11.3 Å². The molecule has 2 nitrogen and oxygen atoms in total. The summed E-state index contributed by atoms with van der Waals surface area (Å²) in [4.78, 5) is 15.6. The molecule has 2 rings (SSSR count). The van der Waals surface area contributed by atoms with Crippen LogP contribution in [-0.4, -0.2) is 10.8 Å². The fourth-order valence-corrected chi connectivity index (χ4v) is 2.23. The molecule has 0 bridgehead atoms. The maximum atomic E-state index is 11.1. The number of rotatable bonds is 2. The standard InChI is InChI=1S/C11H11NOS/c1-3-11-12-9-6-8(7(2)13)4-5-10(9)14-11/h4-6H,3H2,1-2H3. The fraction of sp³-hybridized carbons (Fsp3) is 0.273. The van der Waals surface area contributed by atoms with Crippen molar-refractivity contribution in [1.82, 2.24) is 4.98 Å². The second-order valence-corrected chi connectivity index (χ2v) is 4.32. The minimum Gasteiger partial charge on any atom is -0.295 e. The summed E-state index contributed by atoms with van der Waals surface area (Å²) < 4.78 is 1.16. The molecular weight excluding hydrogens is 194 g/mol. The van der Waals surface area contributed by atoms with E-state index in [9.17, 15) is 4.79 Å². The molecule has 0 atom stereocenters. The van der Waals surface area contributed by atoms with Crippen LogP contribution in [0.2, 0.25) is 0 Å². The second-order valence-electron chi connectivity index (χ2n) is 3.20. The smallest absolute Gasteiger partial charge is 0.159 e. The summed E-state index contributed by atoms with van der Waals surface area (Å²) in [5.41, 5.74) is 1.69. The molecule has 0 aliphatic carbocycles. The molecule has 0 saturated carbocycles. The SMILES string of the molecule is CCc1nc2cc(C(C)=O)ccc2s1. The lowest BCUT2D eigenvalue weighted by Gasteiger charge is -1.93. The molecule has 0 aliphatic rings. The maximum absolute atomic E-state index is 11.1. The predicted molar refractivity (Wildman–Crippen MR) is 59.0 cm³/mol. The van der Waals surface area contributed by atoms with Crippen LogP contribution in [0.5, 0.6) is 0 Å². The third kappa shape index (κ3) is 1.55. The van der Waals surface area contributed by atoms with Gasteiger partial charge in [0.05, 0.1) is 15.2 Å². The van der Waals surface area contributed by atoms with Crippen molar-refractivity contribution in [3.63, 3.8) is 0 Å². The van der Waals surface area contributed by atoms with E-state index in [2.05, 4.69) is 11.9 Å². The molecular formula is C11H11NOS. The number of hydrogen-bond donors (Lipinski definition) is 0. The van der Waals surface area contributed by atoms with Crippen LogP contribution in [0.25, 0.3) is 10.2 Å². The lowest BCUT2D eigenvalue weighted by Crippen LogP contribution is -1.90. The number of thiazole rings is 1. The molecule has 0 fully saturated rings. The van der Waals surface area contributed by atoms with Gasteiger partial charge in [0.15, 0.2) is 5.78 Å². The van der Waals surface area contributed by atoms with Crippen molar-refractivity contribution in [3.05, 3.63) is 28.8 Å². The van der Waals surface area contributed by atoms with Gasteiger partial charge in [-0.2, -0.15) is 0 Å². The summed E-state index contributed by atoms with van der Waals surface area (Å²) in [5, 5.41) is 1.13. The van der Waals surface area contributed by atoms with Crippen molar-refractivity contribution in [3.8, 4) is 0 Å². The van der Waals surface area contributed by atoms with Crippen LogP contribution in [0.1, 0.15) is 29.2 Å². The zero-order valence-electron chi connectivity index (χ0n) is 8.20. The van der Waals surface area contributed by atoms with Gasteiger partial charge in [-0.25, -0.2) is 4.98 Å². The van der Waals surface area contributed by atoms with Crippen molar-refractivity contribution < 1.29 is 4.79 Å². The number of benzene rings is 1. The predicted octanol–water partition coefficient (Wildman–Crippen LogP) is 3.06. The quantitative estimate of drug-likeness (QED) is 0.705. The van der Waals surface area contributed by atoms with Gasteiger partial charge in [0, 0.05) is 5.56 Å². The molecule has 72 valence electrons. The van der Waals surface area contributed by atoms with Gasteiger partial charge in [0.25, 0.3) is 0 Å². The van der Waals surface area contributed by atoms with Crippen LogP contribution in [0.4, 0.5) is 0 Å². The number of carbonyl (C=O) groups excluding carboxylic acids is 1. The highest BCUT2D eigenvalue weighted by atomic mass is 32.1. The van der Waals surface area contributed by atoms with E-state index in [4.69, 9.17) is 0 Å². The fourth-order valence-electron chi connectivity index (χ4n) is 1.35. The summed E-state index contributed by atoms with van der Waals surface area (Å²) in [6, 6.07) is 5.71. The number of Topliss-reactive ketones (excluding diaryl/α,β-unsaturated/α-hetero) is 1. The average molecular weight is 205 g/mol. The van der Waals surface area contributed by atoms with E-state index >= 15 is 0 Å². The average Bonchev–Trinajstić information content (AvgIpc) is 2.58. The van der Waals surface area contributed by atoms with E-state index in [-0.39, 0.29) is 5.78 Å². The van der Waals surface area contributed by atoms with E-state index in [1.54, 1.807) is 18.3 Å². The molecule has 0 amide bonds. The van der Waals surface area contributed by atoms with Crippen LogP contribution in [0, 0.1) is 0 Å². The van der Waals surface area contributed by atoms with E-state index in [0.717, 1.165) is 27.2 Å². The van der Waals surface area contributed by atoms with Crippen LogP contribution >= 0.6 is 11.3 Å². The van der Waals surface area contributed by atoms with E-state index in [1.807, 2.05) is 18.2 Å². The minimum absolute atomic E-state index is 0.0953. The number of nitrogens with zero attached hydrogens (tertiary/aromatic N) is 1. The number of ketones is 1. The molecule has 0 spiro atoms. The van der Waals surface area contributed by atoms with Crippen LogP contribution < -0.4 is 0 Å². The first-order valence-corrected chi connectivity index (χ1v) is 5.42. The lowest BCUT2D eigenvalue weighted by molar-refractivity contribution is 0.101. The Kier molecular flexibility index (Phi) is 2.33. The Morgan fingerprint density at radius 2 is 2.29 bits per heavy atom. The van der Waals surface area contributed by atoms with Crippen molar-refractivity contribution in [1.29, 1.82) is 0 Å². The molecule has 1 heterocycles. The molecule has 0 N–H and O–H groups in total. The molecule has 2 aromatic rings. The van der Waals surface area contributed by atoms with Gasteiger partial charge in [-0.3, -0.25) is 4.79 Å². The highest BCUT2D eigenvalue weighted by Crippen LogP contribution is 2.23. The highest BCUT2D eigenvalue weighted by molar-refractivity contribution is 7.18. The third-order valence-electron chi connectivity index (χ3n) is 2.14. The zero-order chi connectivity index (χ0) is 10.1. The third-order valence-corrected chi connectivity index (χ3v) is 3.32. The van der Waals surface area contributed by atoms with Gasteiger partial charge in [0.1, 0.15) is 0 Å². The zero-order valence-corrected chi connectivity index (χ0v) is 9.02. The Labute approximate surface area is 86.6 Å². The Bertz CT molecular complexity index is 487. The summed E-state index contributed by atoms with van der Waals surface area (Å²) in [5.74, 6) is 0.0953. The van der Waals surface area contributed by atoms with E-state index in [1.165, 1.54) is 0 Å². The molecule has 14 heavy (non-hydrogen) atoms. The summed E-state index contributed by atoms with van der Waals surface area (Å²) in [6.07, 6.45) is 0.953. The summed E-state index contributed by atoms with van der Waals surface area (Å²) in [7, 11) is 0. The molecule has 3 heteroatoms. The van der Waals surface area contributed by atoms with Crippen molar-refractivity contribution in [2.45, 2.75) is 20.3 Å². The molecule has 0 saturated heterocycles. The first-order chi connectivity index (χ1) is 6.70. The van der Waals surface area contributed by atoms with Crippen molar-refractivity contribution in [2.75, 3.05) is 0 Å². The van der Waals surface area contributed by atoms with Gasteiger partial charge in [0.2, 0.25) is 0 Å². The lowest BCUT2D eigenvalue weighted by atomic mass is 10.1. The topological polar surface area (TPSA) is 30.0 Å². The summed E-state index contributed by atoms with van der Waals surface area (Å²) in [6.45, 7) is 3.66. The second kappa shape index (κ2) is 3.50. The van der Waals surface area contributed by atoms with Crippen molar-refractivity contribution in [2.24, 2.45) is 0 Å². The molecule has 0 unspecified atom stereocenters. The first-order valence-electron chi connectivity index (χ1n) is 4.61. The molecule has 0 radical (unpaired) electrons. The van der Waals surface area contributed by atoms with Crippen molar-refractivity contribution >= 4 is 27.3 Å².